The van der Waals surface area contributed by atoms with E-state index in [2.05, 4.69) is 9.97 Å². The molecular weight excluding hydrogens is 260 g/mol. The summed E-state index contributed by atoms with van der Waals surface area (Å²) in [4.78, 5) is 32.7. The van der Waals surface area contributed by atoms with Gasteiger partial charge in [-0.2, -0.15) is 0 Å². The van der Waals surface area contributed by atoms with Gasteiger partial charge >= 0.3 is 5.97 Å². The fraction of sp³-hybridized carbons (Fsp3) is 0.538. The Bertz CT molecular complexity index is 544. The van der Waals surface area contributed by atoms with Crippen LogP contribution in [0.2, 0.25) is 0 Å². The van der Waals surface area contributed by atoms with Crippen molar-refractivity contribution in [2.45, 2.75) is 26.2 Å². The minimum atomic E-state index is -1.09. The first-order valence-electron chi connectivity index (χ1n) is 6.54. The molecule has 3 N–H and O–H groups in total. The Morgan fingerprint density at radius 3 is 2.70 bits per heavy atom. The molecule has 1 atom stereocenters. The number of aromatic nitrogens is 2. The van der Waals surface area contributed by atoms with Crippen LogP contribution in [0.3, 0.4) is 0 Å². The van der Waals surface area contributed by atoms with E-state index in [0.29, 0.717) is 31.0 Å². The molecule has 0 aromatic carbocycles. The molecule has 0 saturated carbocycles. The Morgan fingerprint density at radius 2 is 2.20 bits per heavy atom. The Morgan fingerprint density at radius 1 is 1.50 bits per heavy atom. The van der Waals surface area contributed by atoms with Crippen molar-refractivity contribution in [1.29, 1.82) is 0 Å². The minimum Gasteiger partial charge on any atom is -0.476 e. The van der Waals surface area contributed by atoms with Gasteiger partial charge in [-0.3, -0.25) is 4.79 Å². The highest BCUT2D eigenvalue weighted by Crippen LogP contribution is 2.26. The Kier molecular flexibility index (Phi) is 3.87. The van der Waals surface area contributed by atoms with Crippen LogP contribution in [0, 0.1) is 5.92 Å². The molecule has 1 aromatic rings. The van der Waals surface area contributed by atoms with Crippen LogP contribution >= 0.6 is 0 Å². The number of carbonyl (C=O) groups is 2. The molecule has 20 heavy (non-hydrogen) atoms. The second-order valence-corrected chi connectivity index (χ2v) is 5.26. The molecule has 1 saturated heterocycles. The maximum absolute atomic E-state index is 11.4. The zero-order chi connectivity index (χ0) is 14.9. The van der Waals surface area contributed by atoms with Gasteiger partial charge in [0.15, 0.2) is 5.69 Å². The van der Waals surface area contributed by atoms with Crippen LogP contribution < -0.4 is 10.6 Å². The van der Waals surface area contributed by atoms with Crippen molar-refractivity contribution < 1.29 is 14.7 Å². The van der Waals surface area contributed by atoms with E-state index in [0.717, 1.165) is 0 Å². The predicted octanol–water partition coefficient (Wildman–Crippen LogP) is 0.610. The lowest BCUT2D eigenvalue weighted by atomic mass is 10.1. The van der Waals surface area contributed by atoms with Gasteiger partial charge in [-0.15, -0.1) is 0 Å². The number of hydrogen-bond acceptors (Lipinski definition) is 5. The summed E-state index contributed by atoms with van der Waals surface area (Å²) in [5.74, 6) is -1.15. The van der Waals surface area contributed by atoms with E-state index in [-0.39, 0.29) is 23.4 Å². The molecule has 0 radical (unpaired) electrons. The van der Waals surface area contributed by atoms with Gasteiger partial charge in [-0.1, -0.05) is 13.8 Å². The Hall–Kier alpha value is -2.18. The van der Waals surface area contributed by atoms with Crippen LogP contribution in [0.15, 0.2) is 6.20 Å². The topological polar surface area (TPSA) is 109 Å². The highest BCUT2D eigenvalue weighted by molar-refractivity contribution is 5.92. The molecular formula is C13H18N4O3. The molecule has 2 heterocycles. The van der Waals surface area contributed by atoms with Crippen LogP contribution in [-0.2, 0) is 4.79 Å². The van der Waals surface area contributed by atoms with Crippen molar-refractivity contribution >= 4 is 17.6 Å². The van der Waals surface area contributed by atoms with Crippen molar-refractivity contribution in [2.75, 3.05) is 18.0 Å². The first kappa shape index (κ1) is 14.2. The smallest absolute Gasteiger partial charge is 0.356 e. The standard InChI is InChI=1S/C13H18N4O3/c1-7(2)12-15-5-9(10(16-12)13(19)20)17-4-3-8(6-17)11(14)18/h5,7-8H,3-4,6H2,1-2H3,(H2,14,18)(H,19,20). The number of rotatable bonds is 4. The largest absolute Gasteiger partial charge is 0.476 e. The van der Waals surface area contributed by atoms with Gasteiger partial charge in [0.25, 0.3) is 0 Å². The van der Waals surface area contributed by atoms with E-state index in [9.17, 15) is 14.7 Å². The third kappa shape index (κ3) is 2.71. The van der Waals surface area contributed by atoms with Crippen molar-refractivity contribution in [2.24, 2.45) is 11.7 Å². The summed E-state index contributed by atoms with van der Waals surface area (Å²) in [6.07, 6.45) is 2.15. The number of hydrogen-bond donors (Lipinski definition) is 2. The molecule has 1 aliphatic heterocycles. The molecule has 1 aliphatic rings. The van der Waals surface area contributed by atoms with Crippen molar-refractivity contribution in [3.05, 3.63) is 17.7 Å². The molecule has 1 aromatic heterocycles. The quantitative estimate of drug-likeness (QED) is 0.835. The number of anilines is 1. The molecule has 7 heteroatoms. The summed E-state index contributed by atoms with van der Waals surface area (Å²) in [6.45, 7) is 4.80. The Balaban J connectivity index is 2.32. The lowest BCUT2D eigenvalue weighted by Gasteiger charge is -2.20. The fourth-order valence-corrected chi connectivity index (χ4v) is 2.27. The van der Waals surface area contributed by atoms with E-state index in [1.165, 1.54) is 6.20 Å². The van der Waals surface area contributed by atoms with Crippen molar-refractivity contribution in [1.82, 2.24) is 9.97 Å². The summed E-state index contributed by atoms with van der Waals surface area (Å²) < 4.78 is 0. The zero-order valence-electron chi connectivity index (χ0n) is 11.5. The van der Waals surface area contributed by atoms with Gasteiger partial charge in [0.05, 0.1) is 17.8 Å². The molecule has 1 fully saturated rings. The third-order valence-corrected chi connectivity index (χ3v) is 3.44. The second kappa shape index (κ2) is 5.44. The van der Waals surface area contributed by atoms with Crippen LogP contribution in [0.5, 0.6) is 0 Å². The molecule has 0 aliphatic carbocycles. The molecule has 7 nitrogen and oxygen atoms in total. The predicted molar refractivity (Wildman–Crippen MR) is 72.6 cm³/mol. The molecule has 0 bridgehead atoms. The molecule has 1 amide bonds. The number of carboxylic acid groups (broad SMARTS) is 1. The number of carboxylic acids is 1. The monoisotopic (exact) mass is 278 g/mol. The van der Waals surface area contributed by atoms with E-state index in [4.69, 9.17) is 5.73 Å². The maximum Gasteiger partial charge on any atom is 0.356 e. The maximum atomic E-state index is 11.4. The first-order valence-corrected chi connectivity index (χ1v) is 6.54. The lowest BCUT2D eigenvalue weighted by Crippen LogP contribution is -2.28. The SMILES string of the molecule is CC(C)c1ncc(N2CCC(C(N)=O)C2)c(C(=O)O)n1. The summed E-state index contributed by atoms with van der Waals surface area (Å²) in [7, 11) is 0. The van der Waals surface area contributed by atoms with Gasteiger partial charge < -0.3 is 15.7 Å². The van der Waals surface area contributed by atoms with Crippen LogP contribution in [-0.4, -0.2) is 40.0 Å². The number of primary amides is 1. The van der Waals surface area contributed by atoms with Gasteiger partial charge in [-0.25, -0.2) is 14.8 Å². The highest BCUT2D eigenvalue weighted by atomic mass is 16.4. The van der Waals surface area contributed by atoms with E-state index in [1.54, 1.807) is 0 Å². The summed E-state index contributed by atoms with van der Waals surface area (Å²) in [6, 6.07) is 0. The van der Waals surface area contributed by atoms with Gasteiger partial charge in [0, 0.05) is 19.0 Å². The normalized spacial score (nSPS) is 18.6. The summed E-state index contributed by atoms with van der Waals surface area (Å²) >= 11 is 0. The number of nitrogens with zero attached hydrogens (tertiary/aromatic N) is 3. The molecule has 1 unspecified atom stereocenters. The minimum absolute atomic E-state index is 0.0196. The van der Waals surface area contributed by atoms with Gasteiger partial charge in [0.1, 0.15) is 5.82 Å². The number of aromatic carboxylic acids is 1. The Labute approximate surface area is 116 Å². The van der Waals surface area contributed by atoms with Crippen molar-refractivity contribution in [3.63, 3.8) is 0 Å². The fourth-order valence-electron chi connectivity index (χ4n) is 2.27. The average molecular weight is 278 g/mol. The zero-order valence-corrected chi connectivity index (χ0v) is 11.5. The van der Waals surface area contributed by atoms with Crippen LogP contribution in [0.4, 0.5) is 5.69 Å². The van der Waals surface area contributed by atoms with Crippen molar-refractivity contribution in [3.8, 4) is 0 Å². The van der Waals surface area contributed by atoms with Crippen LogP contribution in [0.25, 0.3) is 0 Å². The van der Waals surface area contributed by atoms with Gasteiger partial charge in [-0.05, 0) is 6.42 Å². The van der Waals surface area contributed by atoms with Crippen LogP contribution in [0.1, 0.15) is 42.5 Å². The highest BCUT2D eigenvalue weighted by Gasteiger charge is 2.30. The number of amides is 1. The molecule has 0 spiro atoms. The van der Waals surface area contributed by atoms with E-state index in [1.807, 2.05) is 18.7 Å². The first-order chi connectivity index (χ1) is 9.40. The second-order valence-electron chi connectivity index (χ2n) is 5.26. The third-order valence-electron chi connectivity index (χ3n) is 3.44. The molecule has 2 rings (SSSR count). The molecule has 108 valence electrons. The average Bonchev–Trinajstić information content (AvgIpc) is 2.87. The van der Waals surface area contributed by atoms with E-state index < -0.39 is 5.97 Å². The summed E-state index contributed by atoms with van der Waals surface area (Å²) in [5.41, 5.74) is 5.72. The number of carbonyl (C=O) groups excluding carboxylic acids is 1. The summed E-state index contributed by atoms with van der Waals surface area (Å²) in [5, 5.41) is 9.30. The number of nitrogens with two attached hydrogens (primary N) is 1. The lowest BCUT2D eigenvalue weighted by molar-refractivity contribution is -0.121. The van der Waals surface area contributed by atoms with Gasteiger partial charge in [0.2, 0.25) is 5.91 Å². The van der Waals surface area contributed by atoms with E-state index >= 15 is 0 Å².